The molecule has 94 valence electrons. The van der Waals surface area contributed by atoms with Crippen molar-refractivity contribution in [2.75, 3.05) is 18.5 Å². The highest BCUT2D eigenvalue weighted by Crippen LogP contribution is 2.15. The van der Waals surface area contributed by atoms with Gasteiger partial charge in [0.05, 0.1) is 5.69 Å². The van der Waals surface area contributed by atoms with Gasteiger partial charge < -0.3 is 10.6 Å². The van der Waals surface area contributed by atoms with Gasteiger partial charge in [0.15, 0.2) is 0 Å². The average Bonchev–Trinajstić information content (AvgIpc) is 2.89. The van der Waals surface area contributed by atoms with Crippen molar-refractivity contribution in [2.45, 2.75) is 6.42 Å². The van der Waals surface area contributed by atoms with Crippen molar-refractivity contribution in [3.05, 3.63) is 46.4 Å². The van der Waals surface area contributed by atoms with Crippen LogP contribution < -0.4 is 10.6 Å². The molecule has 0 saturated heterocycles. The Labute approximate surface area is 116 Å². The zero-order valence-corrected chi connectivity index (χ0v) is 11.8. The lowest BCUT2D eigenvalue weighted by Gasteiger charge is -2.19. The normalized spacial score (nSPS) is 10.3. The molecule has 2 N–H and O–H groups in total. The molecule has 0 radical (unpaired) electrons. The molecule has 0 aliphatic carbocycles. The highest BCUT2D eigenvalue weighted by atomic mass is 32.1. The number of anilines is 1. The summed E-state index contributed by atoms with van der Waals surface area (Å²) in [4.78, 5) is 8.05. The van der Waals surface area contributed by atoms with Gasteiger partial charge in [-0.25, -0.2) is 0 Å². The van der Waals surface area contributed by atoms with Gasteiger partial charge >= 0.3 is 0 Å². The van der Waals surface area contributed by atoms with E-state index >= 15 is 0 Å². The number of nitrogens with two attached hydrogens (primary N) is 1. The summed E-state index contributed by atoms with van der Waals surface area (Å²) in [6.07, 6.45) is 2.78. The Kier molecular flexibility index (Phi) is 4.28. The lowest BCUT2D eigenvalue weighted by atomic mass is 10.2. The van der Waals surface area contributed by atoms with Crippen molar-refractivity contribution < 1.29 is 0 Å². The fraction of sp³-hybridized carbons (Fsp3) is 0.231. The van der Waals surface area contributed by atoms with E-state index < -0.39 is 0 Å². The van der Waals surface area contributed by atoms with Crippen LogP contribution in [-0.4, -0.2) is 23.6 Å². The van der Waals surface area contributed by atoms with Crippen LogP contribution in [0.25, 0.3) is 0 Å². The predicted octanol–water partition coefficient (Wildman–Crippen LogP) is 2.46. The molecule has 0 unspecified atom stereocenters. The van der Waals surface area contributed by atoms with Crippen LogP contribution in [0, 0.1) is 0 Å². The highest BCUT2D eigenvalue weighted by Gasteiger charge is 2.05. The minimum absolute atomic E-state index is 0.337. The van der Waals surface area contributed by atoms with E-state index in [0.717, 1.165) is 18.7 Å². The van der Waals surface area contributed by atoms with Crippen LogP contribution in [-0.2, 0) is 6.42 Å². The number of hydrogen-bond acceptors (Lipinski definition) is 4. The molecular weight excluding hydrogens is 262 g/mol. The van der Waals surface area contributed by atoms with E-state index in [-0.39, 0.29) is 0 Å². The quantitative estimate of drug-likeness (QED) is 0.853. The molecule has 0 spiro atoms. The molecule has 0 saturated carbocycles. The van der Waals surface area contributed by atoms with Gasteiger partial charge in [0.2, 0.25) is 0 Å². The number of pyridine rings is 1. The van der Waals surface area contributed by atoms with Crippen LogP contribution in [0.4, 0.5) is 5.69 Å². The van der Waals surface area contributed by atoms with Crippen LogP contribution in [0.5, 0.6) is 0 Å². The van der Waals surface area contributed by atoms with Crippen LogP contribution in [0.2, 0.25) is 0 Å². The molecule has 0 aromatic carbocycles. The maximum Gasteiger partial charge on any atom is 0.122 e. The second kappa shape index (κ2) is 5.93. The molecule has 5 heteroatoms. The summed E-state index contributed by atoms with van der Waals surface area (Å²) in [6, 6.07) is 8.13. The summed E-state index contributed by atoms with van der Waals surface area (Å²) in [5.41, 5.74) is 7.35. The molecule has 0 aliphatic heterocycles. The van der Waals surface area contributed by atoms with Crippen molar-refractivity contribution in [2.24, 2.45) is 5.73 Å². The third-order valence-corrected chi connectivity index (χ3v) is 3.86. The standard InChI is InChI=1S/C13H15N3S2/c1-16(7-5-11-3-2-8-18-11)10-4-6-15-12(9-10)13(14)17/h2-4,6,8-9H,5,7H2,1H3,(H2,14,17). The third-order valence-electron chi connectivity index (χ3n) is 2.71. The van der Waals surface area contributed by atoms with Crippen molar-refractivity contribution in [1.29, 1.82) is 0 Å². The summed E-state index contributed by atoms with van der Waals surface area (Å²) in [5, 5.41) is 2.10. The maximum atomic E-state index is 5.59. The third kappa shape index (κ3) is 3.27. The predicted molar refractivity (Wildman–Crippen MR) is 81.4 cm³/mol. The zero-order chi connectivity index (χ0) is 13.0. The van der Waals surface area contributed by atoms with E-state index in [4.69, 9.17) is 18.0 Å². The molecular formula is C13H15N3S2. The Hall–Kier alpha value is -1.46. The van der Waals surface area contributed by atoms with Crippen molar-refractivity contribution >= 4 is 34.2 Å². The highest BCUT2D eigenvalue weighted by molar-refractivity contribution is 7.80. The number of nitrogens with zero attached hydrogens (tertiary/aromatic N) is 2. The van der Waals surface area contributed by atoms with Gasteiger partial charge in [-0.05, 0) is 30.0 Å². The minimum Gasteiger partial charge on any atom is -0.388 e. The van der Waals surface area contributed by atoms with Crippen molar-refractivity contribution in [3.63, 3.8) is 0 Å². The fourth-order valence-electron chi connectivity index (χ4n) is 1.65. The smallest absolute Gasteiger partial charge is 0.122 e. The molecule has 3 nitrogen and oxygen atoms in total. The molecule has 0 bridgehead atoms. The van der Waals surface area contributed by atoms with Crippen molar-refractivity contribution in [3.8, 4) is 0 Å². The second-order valence-electron chi connectivity index (χ2n) is 4.01. The molecule has 2 heterocycles. The van der Waals surface area contributed by atoms with E-state index in [1.54, 1.807) is 17.5 Å². The number of rotatable bonds is 5. The van der Waals surface area contributed by atoms with E-state index in [2.05, 4.69) is 34.4 Å². The number of thiocarbonyl (C=S) groups is 1. The number of aromatic nitrogens is 1. The molecule has 2 aromatic rings. The lowest BCUT2D eigenvalue weighted by Crippen LogP contribution is -2.21. The summed E-state index contributed by atoms with van der Waals surface area (Å²) in [5.74, 6) is 0. The van der Waals surface area contributed by atoms with Crippen LogP contribution in [0.3, 0.4) is 0 Å². The topological polar surface area (TPSA) is 42.2 Å². The Morgan fingerprint density at radius 3 is 3.00 bits per heavy atom. The SMILES string of the molecule is CN(CCc1cccs1)c1ccnc(C(N)=S)c1. The van der Waals surface area contributed by atoms with Gasteiger partial charge in [0.1, 0.15) is 4.99 Å². The Morgan fingerprint density at radius 1 is 1.50 bits per heavy atom. The average molecular weight is 277 g/mol. The maximum absolute atomic E-state index is 5.59. The lowest BCUT2D eigenvalue weighted by molar-refractivity contribution is 0.885. The minimum atomic E-state index is 0.337. The van der Waals surface area contributed by atoms with Gasteiger partial charge in [-0.1, -0.05) is 18.3 Å². The largest absolute Gasteiger partial charge is 0.388 e. The van der Waals surface area contributed by atoms with Gasteiger partial charge in [0, 0.05) is 30.4 Å². The van der Waals surface area contributed by atoms with Crippen LogP contribution >= 0.6 is 23.6 Å². The number of thiophene rings is 1. The van der Waals surface area contributed by atoms with Crippen LogP contribution in [0.15, 0.2) is 35.8 Å². The monoisotopic (exact) mass is 277 g/mol. The Bertz CT molecular complexity index is 523. The Balaban J connectivity index is 2.02. The summed E-state index contributed by atoms with van der Waals surface area (Å²) < 4.78 is 0. The van der Waals surface area contributed by atoms with E-state index in [1.165, 1.54) is 4.88 Å². The van der Waals surface area contributed by atoms with E-state index in [9.17, 15) is 0 Å². The molecule has 0 amide bonds. The van der Waals surface area contributed by atoms with E-state index in [0.29, 0.717) is 10.7 Å². The summed E-state index contributed by atoms with van der Waals surface area (Å²) >= 11 is 6.72. The number of likely N-dealkylation sites (N-methyl/N-ethyl adjacent to an activating group) is 1. The molecule has 2 rings (SSSR count). The second-order valence-corrected chi connectivity index (χ2v) is 5.49. The van der Waals surface area contributed by atoms with Gasteiger partial charge in [-0.3, -0.25) is 4.98 Å². The molecule has 0 aliphatic rings. The molecule has 0 atom stereocenters. The van der Waals surface area contributed by atoms with E-state index in [1.807, 2.05) is 12.1 Å². The first-order chi connectivity index (χ1) is 8.66. The Morgan fingerprint density at radius 2 is 2.33 bits per heavy atom. The summed E-state index contributed by atoms with van der Waals surface area (Å²) in [6.45, 7) is 0.960. The van der Waals surface area contributed by atoms with Gasteiger partial charge in [-0.2, -0.15) is 0 Å². The van der Waals surface area contributed by atoms with Gasteiger partial charge in [0.25, 0.3) is 0 Å². The molecule has 18 heavy (non-hydrogen) atoms. The molecule has 2 aromatic heterocycles. The molecule has 0 fully saturated rings. The first kappa shape index (κ1) is 13.0. The van der Waals surface area contributed by atoms with Crippen molar-refractivity contribution in [1.82, 2.24) is 4.98 Å². The fourth-order valence-corrected chi connectivity index (χ4v) is 2.46. The van der Waals surface area contributed by atoms with Gasteiger partial charge in [-0.15, -0.1) is 11.3 Å². The zero-order valence-electron chi connectivity index (χ0n) is 10.2. The summed E-state index contributed by atoms with van der Waals surface area (Å²) in [7, 11) is 2.06. The first-order valence-corrected chi connectivity index (χ1v) is 6.95. The van der Waals surface area contributed by atoms with Crippen LogP contribution in [0.1, 0.15) is 10.6 Å². The number of hydrogen-bond donors (Lipinski definition) is 1. The first-order valence-electron chi connectivity index (χ1n) is 5.66.